The molecule has 0 atom stereocenters. The van der Waals surface area contributed by atoms with Gasteiger partial charge in [-0.05, 0) is 54.4 Å². The molecule has 0 amide bonds. The molecule has 4 nitrogen and oxygen atoms in total. The van der Waals surface area contributed by atoms with Crippen molar-refractivity contribution < 1.29 is 8.42 Å². The molecule has 3 rings (SSSR count). The van der Waals surface area contributed by atoms with E-state index in [0.717, 1.165) is 22.6 Å². The number of sulfone groups is 1. The third-order valence-corrected chi connectivity index (χ3v) is 4.60. The topological polar surface area (TPSA) is 52.0 Å². The van der Waals surface area contributed by atoms with E-state index in [0.29, 0.717) is 4.90 Å². The van der Waals surface area contributed by atoms with Crippen molar-refractivity contribution in [2.45, 2.75) is 11.8 Å². The lowest BCUT2D eigenvalue weighted by Gasteiger charge is -2.09. The van der Waals surface area contributed by atoms with Gasteiger partial charge in [0.25, 0.3) is 0 Å². The normalized spacial score (nSPS) is 11.5. The Morgan fingerprint density at radius 2 is 1.77 bits per heavy atom. The number of hydrogen-bond acceptors (Lipinski definition) is 3. The number of aromatic nitrogens is 2. The van der Waals surface area contributed by atoms with Crippen LogP contribution < -0.4 is 0 Å². The molecule has 0 spiro atoms. The third-order valence-electron chi connectivity index (χ3n) is 3.47. The van der Waals surface area contributed by atoms with Crippen LogP contribution in [0.3, 0.4) is 0 Å². The van der Waals surface area contributed by atoms with Crippen LogP contribution in [0.1, 0.15) is 5.56 Å². The van der Waals surface area contributed by atoms with Crippen molar-refractivity contribution in [2.24, 2.45) is 0 Å². The maximum Gasteiger partial charge on any atom is 0.175 e. The summed E-state index contributed by atoms with van der Waals surface area (Å²) in [6.07, 6.45) is 4.93. The molecule has 0 bridgehead atoms. The minimum atomic E-state index is -3.18. The molecule has 1 aromatic carbocycles. The van der Waals surface area contributed by atoms with Gasteiger partial charge in [-0.1, -0.05) is 12.1 Å². The van der Waals surface area contributed by atoms with Crippen molar-refractivity contribution in [1.82, 2.24) is 9.55 Å². The molecule has 5 heteroatoms. The molecule has 0 fully saturated rings. The number of rotatable bonds is 3. The molecule has 0 saturated carbocycles. The summed E-state index contributed by atoms with van der Waals surface area (Å²) in [6, 6.07) is 14.8. The SMILES string of the molecule is Cc1ccnc(-n2cccc2-c2ccc(S(C)(=O)=O)cc2)c1. The van der Waals surface area contributed by atoms with Gasteiger partial charge >= 0.3 is 0 Å². The second kappa shape index (κ2) is 5.42. The van der Waals surface area contributed by atoms with Crippen molar-refractivity contribution in [3.05, 3.63) is 66.5 Å². The van der Waals surface area contributed by atoms with Crippen LogP contribution in [0.2, 0.25) is 0 Å². The van der Waals surface area contributed by atoms with Gasteiger partial charge in [0.1, 0.15) is 5.82 Å². The van der Waals surface area contributed by atoms with Crippen LogP contribution in [-0.4, -0.2) is 24.2 Å². The lowest BCUT2D eigenvalue weighted by Crippen LogP contribution is -1.99. The Morgan fingerprint density at radius 3 is 2.41 bits per heavy atom. The highest BCUT2D eigenvalue weighted by Crippen LogP contribution is 2.24. The summed E-state index contributed by atoms with van der Waals surface area (Å²) in [5.41, 5.74) is 3.05. The van der Waals surface area contributed by atoms with E-state index in [4.69, 9.17) is 0 Å². The Kier molecular flexibility index (Phi) is 3.58. The van der Waals surface area contributed by atoms with Crippen LogP contribution in [0.25, 0.3) is 17.1 Å². The Morgan fingerprint density at radius 1 is 1.05 bits per heavy atom. The fourth-order valence-corrected chi connectivity index (χ4v) is 2.97. The van der Waals surface area contributed by atoms with Crippen LogP contribution in [0, 0.1) is 6.92 Å². The Bertz CT molecular complexity index is 910. The van der Waals surface area contributed by atoms with Crippen LogP contribution in [0.15, 0.2) is 65.8 Å². The second-order valence-electron chi connectivity index (χ2n) is 5.25. The third kappa shape index (κ3) is 2.80. The summed E-state index contributed by atoms with van der Waals surface area (Å²) in [6.45, 7) is 2.02. The molecule has 0 radical (unpaired) electrons. The van der Waals surface area contributed by atoms with Gasteiger partial charge in [0.15, 0.2) is 9.84 Å². The molecule has 0 aliphatic heterocycles. The Hall–Kier alpha value is -2.40. The summed E-state index contributed by atoms with van der Waals surface area (Å²) in [7, 11) is -3.18. The summed E-state index contributed by atoms with van der Waals surface area (Å²) in [5.74, 6) is 0.840. The first-order chi connectivity index (χ1) is 10.4. The number of aryl methyl sites for hydroxylation is 1. The van der Waals surface area contributed by atoms with E-state index >= 15 is 0 Å². The predicted molar refractivity (Wildman–Crippen MR) is 86.8 cm³/mol. The van der Waals surface area contributed by atoms with Crippen molar-refractivity contribution in [2.75, 3.05) is 6.26 Å². The van der Waals surface area contributed by atoms with E-state index in [1.54, 1.807) is 18.3 Å². The molecule has 0 aliphatic rings. The standard InChI is InChI=1S/C17H16N2O2S/c1-13-9-10-18-17(12-13)19-11-3-4-16(19)14-5-7-15(8-6-14)22(2,20)21/h3-12H,1-2H3. The van der Waals surface area contributed by atoms with E-state index in [2.05, 4.69) is 4.98 Å². The highest BCUT2D eigenvalue weighted by molar-refractivity contribution is 7.90. The average Bonchev–Trinajstić information content (AvgIpc) is 2.96. The zero-order valence-corrected chi connectivity index (χ0v) is 13.2. The molecule has 2 heterocycles. The van der Waals surface area contributed by atoms with Gasteiger partial charge in [-0.3, -0.25) is 0 Å². The van der Waals surface area contributed by atoms with E-state index in [1.807, 2.05) is 54.1 Å². The molecule has 112 valence electrons. The molecular weight excluding hydrogens is 296 g/mol. The first-order valence-corrected chi connectivity index (χ1v) is 8.75. The van der Waals surface area contributed by atoms with Crippen molar-refractivity contribution in [3.8, 4) is 17.1 Å². The predicted octanol–water partition coefficient (Wildman–Crippen LogP) is 3.25. The molecular formula is C17H16N2O2S. The van der Waals surface area contributed by atoms with Crippen LogP contribution >= 0.6 is 0 Å². The molecule has 22 heavy (non-hydrogen) atoms. The number of pyridine rings is 1. The van der Waals surface area contributed by atoms with Gasteiger partial charge in [-0.25, -0.2) is 13.4 Å². The van der Waals surface area contributed by atoms with Crippen molar-refractivity contribution >= 4 is 9.84 Å². The van der Waals surface area contributed by atoms with Gasteiger partial charge in [-0.2, -0.15) is 0 Å². The number of benzene rings is 1. The highest BCUT2D eigenvalue weighted by atomic mass is 32.2. The van der Waals surface area contributed by atoms with E-state index < -0.39 is 9.84 Å². The van der Waals surface area contributed by atoms with Crippen LogP contribution in [0.5, 0.6) is 0 Å². The summed E-state index contributed by atoms with van der Waals surface area (Å²) < 4.78 is 25.1. The van der Waals surface area contributed by atoms with E-state index in [9.17, 15) is 8.42 Å². The van der Waals surface area contributed by atoms with Crippen LogP contribution in [0.4, 0.5) is 0 Å². The van der Waals surface area contributed by atoms with Crippen molar-refractivity contribution in [1.29, 1.82) is 0 Å². The number of nitrogens with zero attached hydrogens (tertiary/aromatic N) is 2. The van der Waals surface area contributed by atoms with Crippen molar-refractivity contribution in [3.63, 3.8) is 0 Å². The van der Waals surface area contributed by atoms with Gasteiger partial charge in [0, 0.05) is 18.6 Å². The average molecular weight is 312 g/mol. The maximum atomic E-state index is 11.5. The second-order valence-corrected chi connectivity index (χ2v) is 7.27. The first-order valence-electron chi connectivity index (χ1n) is 6.86. The van der Waals surface area contributed by atoms with Gasteiger partial charge in [0.05, 0.1) is 10.6 Å². The fraction of sp³-hybridized carbons (Fsp3) is 0.118. The summed E-state index contributed by atoms with van der Waals surface area (Å²) >= 11 is 0. The highest BCUT2D eigenvalue weighted by Gasteiger charge is 2.10. The largest absolute Gasteiger partial charge is 0.301 e. The van der Waals surface area contributed by atoms with E-state index in [-0.39, 0.29) is 0 Å². The molecule has 0 unspecified atom stereocenters. The van der Waals surface area contributed by atoms with Gasteiger partial charge < -0.3 is 4.57 Å². The molecule has 0 saturated heterocycles. The quantitative estimate of drug-likeness (QED) is 0.746. The first kappa shape index (κ1) is 14.5. The molecule has 3 aromatic rings. The summed E-state index contributed by atoms with van der Waals surface area (Å²) in [4.78, 5) is 4.71. The fourth-order valence-electron chi connectivity index (χ4n) is 2.34. The smallest absolute Gasteiger partial charge is 0.175 e. The lowest BCUT2D eigenvalue weighted by molar-refractivity contribution is 0.602. The zero-order chi connectivity index (χ0) is 15.7. The zero-order valence-electron chi connectivity index (χ0n) is 12.4. The monoisotopic (exact) mass is 312 g/mol. The molecule has 0 aliphatic carbocycles. The van der Waals surface area contributed by atoms with E-state index in [1.165, 1.54) is 6.26 Å². The minimum absolute atomic E-state index is 0.322. The van der Waals surface area contributed by atoms with Gasteiger partial charge in [-0.15, -0.1) is 0 Å². The lowest BCUT2D eigenvalue weighted by atomic mass is 10.1. The van der Waals surface area contributed by atoms with Crippen LogP contribution in [-0.2, 0) is 9.84 Å². The minimum Gasteiger partial charge on any atom is -0.301 e. The molecule has 0 N–H and O–H groups in total. The maximum absolute atomic E-state index is 11.5. The molecule has 2 aromatic heterocycles. The Balaban J connectivity index is 2.06. The Labute approximate surface area is 130 Å². The number of hydrogen-bond donors (Lipinski definition) is 0. The van der Waals surface area contributed by atoms with Gasteiger partial charge in [0.2, 0.25) is 0 Å². The summed E-state index contributed by atoms with van der Waals surface area (Å²) in [5, 5.41) is 0.